The Morgan fingerprint density at radius 2 is 1.94 bits per heavy atom. The maximum atomic E-state index is 13.6. The van der Waals surface area contributed by atoms with Crippen LogP contribution in [0.25, 0.3) is 11.2 Å². The zero-order chi connectivity index (χ0) is 24.6. The summed E-state index contributed by atoms with van der Waals surface area (Å²) in [6, 6.07) is 13.7. The van der Waals surface area contributed by atoms with Gasteiger partial charge < -0.3 is 9.80 Å². The van der Waals surface area contributed by atoms with Crippen molar-refractivity contribution < 1.29 is 4.79 Å². The fourth-order valence-electron chi connectivity index (χ4n) is 5.55. The smallest absolute Gasteiger partial charge is 0.327 e. The van der Waals surface area contributed by atoms with Gasteiger partial charge in [-0.3, -0.25) is 14.3 Å². The number of piperidine rings is 1. The van der Waals surface area contributed by atoms with Gasteiger partial charge in [0.25, 0.3) is 5.91 Å². The number of carbonyl (C=O) groups excluding carboxylic acids is 1. The van der Waals surface area contributed by atoms with Crippen LogP contribution in [0.1, 0.15) is 41.4 Å². The van der Waals surface area contributed by atoms with Gasteiger partial charge in [0.05, 0.1) is 5.52 Å². The van der Waals surface area contributed by atoms with E-state index in [-0.39, 0.29) is 23.7 Å². The summed E-state index contributed by atoms with van der Waals surface area (Å²) in [6.45, 7) is 5.32. The Labute approximate surface area is 208 Å². The Morgan fingerprint density at radius 3 is 2.78 bits per heavy atom. The molecule has 1 amide bonds. The van der Waals surface area contributed by atoms with Crippen molar-refractivity contribution in [2.24, 2.45) is 0 Å². The maximum Gasteiger partial charge on any atom is 0.327 e. The number of para-hydroxylation sites is 1. The third-order valence-electron chi connectivity index (χ3n) is 7.24. The van der Waals surface area contributed by atoms with Crippen molar-refractivity contribution in [2.75, 3.05) is 22.9 Å². The molecular weight excluding hydrogens is 454 g/mol. The Bertz CT molecular complexity index is 1500. The highest BCUT2D eigenvalue weighted by molar-refractivity contribution is 6.07. The summed E-state index contributed by atoms with van der Waals surface area (Å²) in [7, 11) is 0. The normalized spacial score (nSPS) is 17.9. The molecule has 0 spiro atoms. The molecule has 182 valence electrons. The minimum absolute atomic E-state index is 0.0329. The van der Waals surface area contributed by atoms with Crippen molar-refractivity contribution >= 4 is 28.6 Å². The van der Waals surface area contributed by atoms with Gasteiger partial charge in [-0.15, -0.1) is 6.58 Å². The lowest BCUT2D eigenvalue weighted by atomic mass is 10.0. The van der Waals surface area contributed by atoms with Gasteiger partial charge >= 0.3 is 5.69 Å². The number of H-pyrrole nitrogens is 1. The van der Waals surface area contributed by atoms with E-state index in [9.17, 15) is 9.59 Å². The van der Waals surface area contributed by atoms with Crippen molar-refractivity contribution in [1.29, 1.82) is 0 Å². The SMILES string of the molecule is C=CCC1Cc2ccccc2N1C(=O)c1cc(N2CCC(n3c(=O)[nH]c4ncccc43)CC2)ncn1. The van der Waals surface area contributed by atoms with Crippen LogP contribution in [-0.4, -0.2) is 49.5 Å². The molecule has 9 heteroatoms. The van der Waals surface area contributed by atoms with Gasteiger partial charge in [0.1, 0.15) is 17.8 Å². The van der Waals surface area contributed by atoms with E-state index in [0.29, 0.717) is 17.8 Å². The van der Waals surface area contributed by atoms with Crippen LogP contribution in [0.15, 0.2) is 72.4 Å². The first-order chi connectivity index (χ1) is 17.6. The molecule has 4 aromatic rings. The summed E-state index contributed by atoms with van der Waals surface area (Å²) in [6.07, 6.45) is 8.11. The van der Waals surface area contributed by atoms with Crippen LogP contribution in [-0.2, 0) is 6.42 Å². The molecule has 1 fully saturated rings. The molecule has 0 radical (unpaired) electrons. The van der Waals surface area contributed by atoms with Gasteiger partial charge in [0.2, 0.25) is 0 Å². The molecule has 1 aromatic carbocycles. The van der Waals surface area contributed by atoms with Crippen molar-refractivity contribution in [1.82, 2.24) is 24.5 Å². The Morgan fingerprint density at radius 1 is 1.11 bits per heavy atom. The first-order valence-corrected chi connectivity index (χ1v) is 12.3. The molecule has 36 heavy (non-hydrogen) atoms. The van der Waals surface area contributed by atoms with Crippen LogP contribution in [0.3, 0.4) is 0 Å². The highest BCUT2D eigenvalue weighted by Crippen LogP contribution is 2.35. The van der Waals surface area contributed by atoms with E-state index >= 15 is 0 Å². The van der Waals surface area contributed by atoms with Crippen LogP contribution < -0.4 is 15.5 Å². The number of fused-ring (bicyclic) bond motifs is 2. The second-order valence-electron chi connectivity index (χ2n) is 9.34. The van der Waals surface area contributed by atoms with E-state index in [1.165, 1.54) is 6.33 Å². The number of pyridine rings is 1. The van der Waals surface area contributed by atoms with Crippen LogP contribution in [0.4, 0.5) is 11.5 Å². The number of aromatic nitrogens is 5. The van der Waals surface area contributed by atoms with Gasteiger partial charge in [0.15, 0.2) is 5.65 Å². The number of anilines is 2. The molecule has 1 unspecified atom stereocenters. The summed E-state index contributed by atoms with van der Waals surface area (Å²) in [5.74, 6) is 0.607. The van der Waals surface area contributed by atoms with Crippen molar-refractivity contribution in [3.05, 3.63) is 89.4 Å². The second kappa shape index (κ2) is 9.07. The molecule has 0 aliphatic carbocycles. The third-order valence-corrected chi connectivity index (χ3v) is 7.24. The predicted molar refractivity (Wildman–Crippen MR) is 138 cm³/mol. The van der Waals surface area contributed by atoms with E-state index in [4.69, 9.17) is 0 Å². The number of hydrogen-bond acceptors (Lipinski definition) is 6. The Hall–Kier alpha value is -4.27. The number of hydrogen-bond donors (Lipinski definition) is 1. The molecule has 9 nitrogen and oxygen atoms in total. The topological polar surface area (TPSA) is 100 Å². The molecule has 1 N–H and O–H groups in total. The number of imidazole rings is 1. The molecule has 0 saturated carbocycles. The minimum atomic E-state index is -0.128. The average Bonchev–Trinajstić information content (AvgIpc) is 3.45. The molecule has 5 heterocycles. The van der Waals surface area contributed by atoms with E-state index < -0.39 is 0 Å². The number of benzene rings is 1. The summed E-state index contributed by atoms with van der Waals surface area (Å²) in [4.78, 5) is 46.1. The van der Waals surface area contributed by atoms with Crippen molar-refractivity contribution in [3.8, 4) is 0 Å². The fraction of sp³-hybridized carbons (Fsp3) is 0.296. The summed E-state index contributed by atoms with van der Waals surface area (Å²) >= 11 is 0. The van der Waals surface area contributed by atoms with Crippen molar-refractivity contribution in [2.45, 2.75) is 37.8 Å². The van der Waals surface area contributed by atoms with E-state index in [0.717, 1.165) is 54.9 Å². The van der Waals surface area contributed by atoms with Crippen LogP contribution in [0, 0.1) is 0 Å². The van der Waals surface area contributed by atoms with Crippen LogP contribution >= 0.6 is 0 Å². The Balaban J connectivity index is 1.21. The maximum absolute atomic E-state index is 13.6. The van der Waals surface area contributed by atoms with Crippen LogP contribution in [0.2, 0.25) is 0 Å². The molecule has 1 saturated heterocycles. The van der Waals surface area contributed by atoms with E-state index in [1.807, 2.05) is 45.9 Å². The molecule has 6 rings (SSSR count). The van der Waals surface area contributed by atoms with Gasteiger partial charge in [0, 0.05) is 43.1 Å². The van der Waals surface area contributed by atoms with Gasteiger partial charge in [-0.2, -0.15) is 0 Å². The lowest BCUT2D eigenvalue weighted by Gasteiger charge is -2.33. The third kappa shape index (κ3) is 3.77. The van der Waals surface area contributed by atoms with E-state index in [1.54, 1.807) is 12.3 Å². The zero-order valence-corrected chi connectivity index (χ0v) is 19.9. The molecule has 1 atom stereocenters. The zero-order valence-electron chi connectivity index (χ0n) is 19.9. The highest BCUT2D eigenvalue weighted by Gasteiger charge is 2.34. The standard InChI is InChI=1S/C27H27N7O2/c1-2-6-20-15-18-7-3-4-8-22(18)33(20)26(35)21-16-24(30-17-29-21)32-13-10-19(11-14-32)34-23-9-5-12-28-25(23)31-27(34)36/h2-5,7-9,12,16-17,19-20H,1,6,10-11,13-15H2,(H,28,31,36). The molecule has 2 aliphatic rings. The summed E-state index contributed by atoms with van der Waals surface area (Å²) in [5, 5.41) is 0. The largest absolute Gasteiger partial charge is 0.356 e. The average molecular weight is 482 g/mol. The monoisotopic (exact) mass is 481 g/mol. The summed E-state index contributed by atoms with van der Waals surface area (Å²) < 4.78 is 1.82. The number of carbonyl (C=O) groups is 1. The first kappa shape index (κ1) is 22.2. The lowest BCUT2D eigenvalue weighted by Crippen LogP contribution is -2.39. The lowest BCUT2D eigenvalue weighted by molar-refractivity contribution is 0.0975. The van der Waals surface area contributed by atoms with Gasteiger partial charge in [-0.25, -0.2) is 19.7 Å². The van der Waals surface area contributed by atoms with Gasteiger partial charge in [-0.1, -0.05) is 24.3 Å². The van der Waals surface area contributed by atoms with Gasteiger partial charge in [-0.05, 0) is 49.4 Å². The molecule has 3 aromatic heterocycles. The molecule has 2 aliphatic heterocycles. The predicted octanol–water partition coefficient (Wildman–Crippen LogP) is 3.50. The van der Waals surface area contributed by atoms with Crippen molar-refractivity contribution in [3.63, 3.8) is 0 Å². The highest BCUT2D eigenvalue weighted by atomic mass is 16.2. The number of rotatable bonds is 5. The molecule has 0 bridgehead atoms. The number of amides is 1. The van der Waals surface area contributed by atoms with Crippen LogP contribution in [0.5, 0.6) is 0 Å². The fourth-order valence-corrected chi connectivity index (χ4v) is 5.55. The number of aromatic amines is 1. The number of nitrogens with zero attached hydrogens (tertiary/aromatic N) is 6. The first-order valence-electron chi connectivity index (χ1n) is 12.3. The molecular formula is C27H27N7O2. The quantitative estimate of drug-likeness (QED) is 0.438. The second-order valence-corrected chi connectivity index (χ2v) is 9.34. The Kier molecular flexibility index (Phi) is 5.59. The summed E-state index contributed by atoms with van der Waals surface area (Å²) in [5.41, 5.74) is 3.80. The number of nitrogens with one attached hydrogen (secondary N) is 1. The minimum Gasteiger partial charge on any atom is -0.356 e. The van der Waals surface area contributed by atoms with E-state index in [2.05, 4.69) is 37.5 Å².